The van der Waals surface area contributed by atoms with E-state index in [1.54, 1.807) is 0 Å². The van der Waals surface area contributed by atoms with E-state index in [0.29, 0.717) is 6.61 Å². The maximum absolute atomic E-state index is 10.0. The molecule has 1 heterocycles. The molecule has 0 aromatic heterocycles. The predicted octanol–water partition coefficient (Wildman–Crippen LogP) is 3.74. The standard InChI is InChI=1S/C22H42O5/c1-2-3-4-5-6-7-8-9-10-11-12-13-14-15-16-26-20-18-27-22(21(20)25)19(24)17-23/h9-10,19-25H,2-8,11-18H2,1H3/b10-9+/t19-,20+,21-,22-/m0/s1. The largest absolute Gasteiger partial charge is 0.394 e. The van der Waals surface area contributed by atoms with Crippen molar-refractivity contribution in [3.05, 3.63) is 12.2 Å². The van der Waals surface area contributed by atoms with Crippen LogP contribution in [0.5, 0.6) is 0 Å². The van der Waals surface area contributed by atoms with E-state index in [-0.39, 0.29) is 6.61 Å². The summed E-state index contributed by atoms with van der Waals surface area (Å²) in [5.41, 5.74) is 0. The molecular weight excluding hydrogens is 344 g/mol. The van der Waals surface area contributed by atoms with E-state index < -0.39 is 31.0 Å². The first-order valence-corrected chi connectivity index (χ1v) is 11.1. The minimum atomic E-state index is -1.05. The number of hydrogen-bond acceptors (Lipinski definition) is 5. The molecule has 4 atom stereocenters. The van der Waals surface area contributed by atoms with Gasteiger partial charge in [-0.15, -0.1) is 0 Å². The van der Waals surface area contributed by atoms with Gasteiger partial charge in [0, 0.05) is 6.61 Å². The number of ether oxygens (including phenoxy) is 2. The predicted molar refractivity (Wildman–Crippen MR) is 109 cm³/mol. The fraction of sp³-hybridized carbons (Fsp3) is 0.909. The lowest BCUT2D eigenvalue weighted by Crippen LogP contribution is -2.41. The van der Waals surface area contributed by atoms with Gasteiger partial charge in [-0.05, 0) is 32.1 Å². The van der Waals surface area contributed by atoms with Gasteiger partial charge in [-0.2, -0.15) is 0 Å². The van der Waals surface area contributed by atoms with Crippen LogP contribution in [0.2, 0.25) is 0 Å². The Bertz CT molecular complexity index is 361. The fourth-order valence-corrected chi connectivity index (χ4v) is 3.43. The summed E-state index contributed by atoms with van der Waals surface area (Å²) in [7, 11) is 0. The third-order valence-electron chi connectivity index (χ3n) is 5.22. The Morgan fingerprint density at radius 1 is 0.963 bits per heavy atom. The molecule has 0 aromatic carbocycles. The zero-order valence-corrected chi connectivity index (χ0v) is 17.2. The molecule has 1 fully saturated rings. The molecule has 0 saturated carbocycles. The monoisotopic (exact) mass is 386 g/mol. The van der Waals surface area contributed by atoms with Crippen LogP contribution in [0.3, 0.4) is 0 Å². The van der Waals surface area contributed by atoms with E-state index in [9.17, 15) is 10.2 Å². The lowest BCUT2D eigenvalue weighted by atomic mass is 10.1. The average Bonchev–Trinajstić information content (AvgIpc) is 3.04. The molecule has 5 nitrogen and oxygen atoms in total. The second-order valence-corrected chi connectivity index (χ2v) is 7.68. The number of rotatable bonds is 17. The molecule has 0 aromatic rings. The van der Waals surface area contributed by atoms with Gasteiger partial charge in [0.25, 0.3) is 0 Å². The van der Waals surface area contributed by atoms with Gasteiger partial charge >= 0.3 is 0 Å². The molecule has 160 valence electrons. The summed E-state index contributed by atoms with van der Waals surface area (Å²) in [5, 5.41) is 28.5. The van der Waals surface area contributed by atoms with Gasteiger partial charge in [-0.1, -0.05) is 64.0 Å². The average molecular weight is 387 g/mol. The van der Waals surface area contributed by atoms with Gasteiger partial charge in [-0.3, -0.25) is 0 Å². The van der Waals surface area contributed by atoms with E-state index in [1.807, 2.05) is 0 Å². The van der Waals surface area contributed by atoms with Crippen LogP contribution in [-0.2, 0) is 9.47 Å². The number of unbranched alkanes of at least 4 members (excludes halogenated alkanes) is 10. The van der Waals surface area contributed by atoms with E-state index in [2.05, 4.69) is 19.1 Å². The van der Waals surface area contributed by atoms with Gasteiger partial charge < -0.3 is 24.8 Å². The molecule has 1 saturated heterocycles. The van der Waals surface area contributed by atoms with Crippen LogP contribution in [0.15, 0.2) is 12.2 Å². The Hall–Kier alpha value is -0.460. The van der Waals surface area contributed by atoms with Gasteiger partial charge in [0.2, 0.25) is 0 Å². The number of aliphatic hydroxyl groups is 3. The van der Waals surface area contributed by atoms with Crippen molar-refractivity contribution in [3.8, 4) is 0 Å². The van der Waals surface area contributed by atoms with Crippen LogP contribution in [0, 0.1) is 0 Å². The summed E-state index contributed by atoms with van der Waals surface area (Å²) in [5.74, 6) is 0. The molecule has 0 bridgehead atoms. The smallest absolute Gasteiger partial charge is 0.114 e. The van der Waals surface area contributed by atoms with Gasteiger partial charge in [0.1, 0.15) is 24.4 Å². The first-order chi connectivity index (χ1) is 13.2. The minimum absolute atomic E-state index is 0.270. The number of hydrogen-bond donors (Lipinski definition) is 3. The second kappa shape index (κ2) is 16.5. The van der Waals surface area contributed by atoms with Crippen LogP contribution in [-0.4, -0.2) is 59.6 Å². The Morgan fingerprint density at radius 3 is 2.19 bits per heavy atom. The molecule has 27 heavy (non-hydrogen) atoms. The molecule has 3 N–H and O–H groups in total. The van der Waals surface area contributed by atoms with Crippen LogP contribution in [0.4, 0.5) is 0 Å². The van der Waals surface area contributed by atoms with Gasteiger partial charge in [0.05, 0.1) is 13.2 Å². The summed E-state index contributed by atoms with van der Waals surface area (Å²) in [4.78, 5) is 0. The summed E-state index contributed by atoms with van der Waals surface area (Å²) in [6, 6.07) is 0. The molecule has 0 aliphatic carbocycles. The summed E-state index contributed by atoms with van der Waals surface area (Å²) in [6.45, 7) is 2.71. The van der Waals surface area contributed by atoms with E-state index in [1.165, 1.54) is 57.8 Å². The maximum Gasteiger partial charge on any atom is 0.114 e. The Morgan fingerprint density at radius 2 is 1.56 bits per heavy atom. The topological polar surface area (TPSA) is 79.2 Å². The van der Waals surface area contributed by atoms with Crippen LogP contribution < -0.4 is 0 Å². The van der Waals surface area contributed by atoms with E-state index in [4.69, 9.17) is 14.6 Å². The first-order valence-electron chi connectivity index (χ1n) is 11.1. The van der Waals surface area contributed by atoms with Crippen molar-refractivity contribution in [3.63, 3.8) is 0 Å². The highest BCUT2D eigenvalue weighted by molar-refractivity contribution is 4.88. The lowest BCUT2D eigenvalue weighted by molar-refractivity contribution is -0.0730. The lowest BCUT2D eigenvalue weighted by Gasteiger charge is -2.20. The van der Waals surface area contributed by atoms with Crippen molar-refractivity contribution in [2.75, 3.05) is 19.8 Å². The molecule has 0 spiro atoms. The zero-order valence-electron chi connectivity index (χ0n) is 17.2. The Labute approximate surface area is 165 Å². The van der Waals surface area contributed by atoms with Crippen molar-refractivity contribution >= 4 is 0 Å². The first kappa shape index (κ1) is 24.6. The summed E-state index contributed by atoms with van der Waals surface area (Å²) < 4.78 is 11.0. The van der Waals surface area contributed by atoms with Gasteiger partial charge in [-0.25, -0.2) is 0 Å². The molecule has 1 rings (SSSR count). The highest BCUT2D eigenvalue weighted by Crippen LogP contribution is 2.20. The van der Waals surface area contributed by atoms with Crippen molar-refractivity contribution < 1.29 is 24.8 Å². The highest BCUT2D eigenvalue weighted by atomic mass is 16.6. The number of allylic oxidation sites excluding steroid dienone is 2. The van der Waals surface area contributed by atoms with Gasteiger partial charge in [0.15, 0.2) is 0 Å². The summed E-state index contributed by atoms with van der Waals surface area (Å²) >= 11 is 0. The zero-order chi connectivity index (χ0) is 19.7. The third kappa shape index (κ3) is 11.2. The maximum atomic E-state index is 10.0. The van der Waals surface area contributed by atoms with E-state index >= 15 is 0 Å². The molecule has 5 heteroatoms. The van der Waals surface area contributed by atoms with Crippen molar-refractivity contribution in [2.24, 2.45) is 0 Å². The Balaban J connectivity index is 1.87. The molecule has 0 amide bonds. The van der Waals surface area contributed by atoms with Crippen molar-refractivity contribution in [1.82, 2.24) is 0 Å². The molecule has 0 unspecified atom stereocenters. The molecule has 1 aliphatic heterocycles. The van der Waals surface area contributed by atoms with Crippen LogP contribution >= 0.6 is 0 Å². The van der Waals surface area contributed by atoms with Crippen molar-refractivity contribution in [2.45, 2.75) is 108 Å². The Kier molecular flexibility index (Phi) is 15.0. The molecule has 1 aliphatic rings. The quantitative estimate of drug-likeness (QED) is 0.262. The second-order valence-electron chi connectivity index (χ2n) is 7.68. The van der Waals surface area contributed by atoms with Crippen LogP contribution in [0.25, 0.3) is 0 Å². The SMILES string of the molecule is CCCCCCCC/C=C/CCCCCCO[C@@H]1CO[C@@H]([C@@H](O)CO)[C@H]1O. The molecular formula is C22H42O5. The fourth-order valence-electron chi connectivity index (χ4n) is 3.43. The van der Waals surface area contributed by atoms with Crippen molar-refractivity contribution in [1.29, 1.82) is 0 Å². The third-order valence-corrected chi connectivity index (χ3v) is 5.22. The normalized spacial score (nSPS) is 24.1. The highest BCUT2D eigenvalue weighted by Gasteiger charge is 2.40. The van der Waals surface area contributed by atoms with Crippen LogP contribution in [0.1, 0.15) is 84.0 Å². The molecule has 0 radical (unpaired) electrons. The van der Waals surface area contributed by atoms with E-state index in [0.717, 1.165) is 19.3 Å². The summed E-state index contributed by atoms with van der Waals surface area (Å²) in [6.07, 6.45) is 16.6. The number of aliphatic hydroxyl groups excluding tert-OH is 3. The minimum Gasteiger partial charge on any atom is -0.394 e.